The van der Waals surface area contributed by atoms with Crippen molar-refractivity contribution in [2.24, 2.45) is 0 Å². The van der Waals surface area contributed by atoms with Gasteiger partial charge in [0.2, 0.25) is 5.60 Å². The number of benzene rings is 2. The molecule has 0 aromatic heterocycles. The highest BCUT2D eigenvalue weighted by atomic mass is 16.6. The predicted octanol–water partition coefficient (Wildman–Crippen LogP) is 3.18. The Hall–Kier alpha value is -2.17. The summed E-state index contributed by atoms with van der Waals surface area (Å²) in [5.74, 6) is -0.599. The summed E-state index contributed by atoms with van der Waals surface area (Å²) in [6.07, 6.45) is 0.626. The van der Waals surface area contributed by atoms with Crippen LogP contribution in [-0.2, 0) is 15.1 Å². The molecule has 2 aromatic carbocycles. The molecule has 0 radical (unpaired) electrons. The van der Waals surface area contributed by atoms with Gasteiger partial charge in [-0.15, -0.1) is 0 Å². The SMILES string of the molecule is CCN1CC[C@H](OC(=O)[C@](O)(c2ccccc2)c2ccc(C)cc2C)C1. The van der Waals surface area contributed by atoms with Gasteiger partial charge in [-0.3, -0.25) is 4.90 Å². The topological polar surface area (TPSA) is 49.8 Å². The van der Waals surface area contributed by atoms with Gasteiger partial charge in [0.05, 0.1) is 0 Å². The molecule has 0 bridgehead atoms. The number of nitrogens with zero attached hydrogens (tertiary/aromatic N) is 1. The molecule has 26 heavy (non-hydrogen) atoms. The monoisotopic (exact) mass is 353 g/mol. The largest absolute Gasteiger partial charge is 0.458 e. The minimum absolute atomic E-state index is 0.177. The summed E-state index contributed by atoms with van der Waals surface area (Å²) in [6, 6.07) is 14.8. The number of hydrogen-bond acceptors (Lipinski definition) is 4. The molecule has 1 N–H and O–H groups in total. The molecule has 0 amide bonds. The Morgan fingerprint density at radius 3 is 2.58 bits per heavy atom. The fourth-order valence-corrected chi connectivity index (χ4v) is 3.70. The molecule has 2 aromatic rings. The minimum atomic E-state index is -1.81. The van der Waals surface area contributed by atoms with Crippen molar-refractivity contribution >= 4 is 5.97 Å². The second-order valence-electron chi connectivity index (χ2n) is 7.10. The third-order valence-electron chi connectivity index (χ3n) is 5.21. The zero-order chi connectivity index (χ0) is 18.7. The van der Waals surface area contributed by atoms with E-state index in [1.165, 1.54) is 0 Å². The average Bonchev–Trinajstić information content (AvgIpc) is 3.09. The quantitative estimate of drug-likeness (QED) is 0.839. The maximum absolute atomic E-state index is 13.2. The molecule has 4 heteroatoms. The first-order valence-corrected chi connectivity index (χ1v) is 9.24. The van der Waals surface area contributed by atoms with Gasteiger partial charge in [0, 0.05) is 18.7 Å². The van der Waals surface area contributed by atoms with Crippen LogP contribution < -0.4 is 0 Å². The second kappa shape index (κ2) is 7.60. The summed E-state index contributed by atoms with van der Waals surface area (Å²) >= 11 is 0. The van der Waals surface area contributed by atoms with Crippen LogP contribution in [-0.4, -0.2) is 41.7 Å². The molecule has 4 nitrogen and oxygen atoms in total. The molecule has 1 saturated heterocycles. The van der Waals surface area contributed by atoms with Crippen LogP contribution in [0.5, 0.6) is 0 Å². The number of likely N-dealkylation sites (N-methyl/N-ethyl adjacent to an activating group) is 1. The molecule has 0 spiro atoms. The van der Waals surface area contributed by atoms with E-state index in [-0.39, 0.29) is 6.10 Å². The van der Waals surface area contributed by atoms with E-state index in [4.69, 9.17) is 4.74 Å². The van der Waals surface area contributed by atoms with Gasteiger partial charge in [-0.1, -0.05) is 61.0 Å². The Morgan fingerprint density at radius 2 is 1.96 bits per heavy atom. The van der Waals surface area contributed by atoms with Crippen molar-refractivity contribution in [3.63, 3.8) is 0 Å². The summed E-state index contributed by atoms with van der Waals surface area (Å²) in [4.78, 5) is 15.4. The Kier molecular flexibility index (Phi) is 5.44. The fourth-order valence-electron chi connectivity index (χ4n) is 3.70. The zero-order valence-corrected chi connectivity index (χ0v) is 15.7. The number of ether oxygens (including phenoxy) is 1. The van der Waals surface area contributed by atoms with Crippen molar-refractivity contribution in [3.8, 4) is 0 Å². The second-order valence-corrected chi connectivity index (χ2v) is 7.10. The molecule has 3 rings (SSSR count). The molecule has 1 fully saturated rings. The van der Waals surface area contributed by atoms with E-state index < -0.39 is 11.6 Å². The van der Waals surface area contributed by atoms with Gasteiger partial charge >= 0.3 is 5.97 Å². The van der Waals surface area contributed by atoms with Gasteiger partial charge in [-0.05, 0) is 37.9 Å². The van der Waals surface area contributed by atoms with Crippen molar-refractivity contribution in [2.75, 3.05) is 19.6 Å². The van der Waals surface area contributed by atoms with Crippen molar-refractivity contribution in [3.05, 3.63) is 70.8 Å². The molecule has 2 atom stereocenters. The van der Waals surface area contributed by atoms with Gasteiger partial charge in [0.25, 0.3) is 0 Å². The first kappa shape index (κ1) is 18.6. The number of likely N-dealkylation sites (tertiary alicyclic amines) is 1. The van der Waals surface area contributed by atoms with Crippen LogP contribution in [0.1, 0.15) is 35.6 Å². The van der Waals surface area contributed by atoms with E-state index in [2.05, 4.69) is 11.8 Å². The third kappa shape index (κ3) is 3.53. The lowest BCUT2D eigenvalue weighted by Gasteiger charge is -2.30. The van der Waals surface area contributed by atoms with Crippen LogP contribution in [0, 0.1) is 13.8 Å². The summed E-state index contributed by atoms with van der Waals surface area (Å²) in [5.41, 5.74) is 1.25. The van der Waals surface area contributed by atoms with Gasteiger partial charge in [0.1, 0.15) is 6.10 Å². The first-order chi connectivity index (χ1) is 12.4. The summed E-state index contributed by atoms with van der Waals surface area (Å²) in [6.45, 7) is 8.59. The standard InChI is InChI=1S/C22H27NO3/c1-4-23-13-12-19(15-23)26-21(24)22(25,18-8-6-5-7-9-18)20-11-10-16(2)14-17(20)3/h5-11,14,19,25H,4,12-13,15H2,1-3H3/t19-,22-/m0/s1. The lowest BCUT2D eigenvalue weighted by Crippen LogP contribution is -2.41. The highest BCUT2D eigenvalue weighted by molar-refractivity contribution is 5.86. The van der Waals surface area contributed by atoms with Gasteiger partial charge in [0.15, 0.2) is 0 Å². The third-order valence-corrected chi connectivity index (χ3v) is 5.21. The van der Waals surface area contributed by atoms with Gasteiger partial charge in [-0.2, -0.15) is 0 Å². The number of esters is 1. The number of carbonyl (C=O) groups excluding carboxylic acids is 1. The van der Waals surface area contributed by atoms with E-state index in [9.17, 15) is 9.90 Å². The van der Waals surface area contributed by atoms with E-state index in [1.807, 2.05) is 50.2 Å². The summed E-state index contributed by atoms with van der Waals surface area (Å²) in [5, 5.41) is 11.6. The van der Waals surface area contributed by atoms with Gasteiger partial charge in [-0.25, -0.2) is 4.79 Å². The van der Waals surface area contributed by atoms with Crippen LogP contribution in [0.25, 0.3) is 0 Å². The summed E-state index contributed by atoms with van der Waals surface area (Å²) < 4.78 is 5.77. The molecule has 0 unspecified atom stereocenters. The van der Waals surface area contributed by atoms with E-state index in [0.717, 1.165) is 37.2 Å². The zero-order valence-electron chi connectivity index (χ0n) is 15.7. The van der Waals surface area contributed by atoms with Crippen LogP contribution in [0.4, 0.5) is 0 Å². The fraction of sp³-hybridized carbons (Fsp3) is 0.409. The highest BCUT2D eigenvalue weighted by Crippen LogP contribution is 2.34. The van der Waals surface area contributed by atoms with Crippen molar-refractivity contribution in [1.82, 2.24) is 4.90 Å². The van der Waals surface area contributed by atoms with E-state index in [1.54, 1.807) is 12.1 Å². The van der Waals surface area contributed by atoms with E-state index in [0.29, 0.717) is 11.1 Å². The van der Waals surface area contributed by atoms with Crippen molar-refractivity contribution < 1.29 is 14.6 Å². The molecular formula is C22H27NO3. The number of hydrogen-bond donors (Lipinski definition) is 1. The lowest BCUT2D eigenvalue weighted by molar-refractivity contribution is -0.167. The normalized spacial score (nSPS) is 19.9. The van der Waals surface area contributed by atoms with Crippen LogP contribution in [0.3, 0.4) is 0 Å². The Morgan fingerprint density at radius 1 is 1.23 bits per heavy atom. The Labute approximate surface area is 155 Å². The first-order valence-electron chi connectivity index (χ1n) is 9.24. The smallest absolute Gasteiger partial charge is 0.348 e. The van der Waals surface area contributed by atoms with Gasteiger partial charge < -0.3 is 9.84 Å². The average molecular weight is 353 g/mol. The number of aliphatic hydroxyl groups is 1. The number of aryl methyl sites for hydroxylation is 2. The molecule has 138 valence electrons. The van der Waals surface area contributed by atoms with Crippen LogP contribution in [0.15, 0.2) is 48.5 Å². The summed E-state index contributed by atoms with van der Waals surface area (Å²) in [7, 11) is 0. The molecule has 0 aliphatic carbocycles. The Bertz CT molecular complexity index is 774. The van der Waals surface area contributed by atoms with Crippen molar-refractivity contribution in [2.45, 2.75) is 38.9 Å². The minimum Gasteiger partial charge on any atom is -0.458 e. The van der Waals surface area contributed by atoms with Crippen LogP contribution in [0.2, 0.25) is 0 Å². The molecule has 1 aliphatic rings. The molecule has 1 heterocycles. The van der Waals surface area contributed by atoms with E-state index >= 15 is 0 Å². The predicted molar refractivity (Wildman–Crippen MR) is 102 cm³/mol. The number of rotatable bonds is 5. The van der Waals surface area contributed by atoms with Crippen LogP contribution >= 0.6 is 0 Å². The maximum atomic E-state index is 13.2. The molecule has 1 aliphatic heterocycles. The highest BCUT2D eigenvalue weighted by Gasteiger charge is 2.44. The number of carbonyl (C=O) groups is 1. The Balaban J connectivity index is 1.97. The molecular weight excluding hydrogens is 326 g/mol. The van der Waals surface area contributed by atoms with Crippen molar-refractivity contribution in [1.29, 1.82) is 0 Å². The maximum Gasteiger partial charge on any atom is 0.348 e. The molecule has 0 saturated carbocycles. The lowest BCUT2D eigenvalue weighted by atomic mass is 9.83.